The first-order valence-corrected chi connectivity index (χ1v) is 13.9. The van der Waals surface area contributed by atoms with Gasteiger partial charge in [-0.1, -0.05) is 46.8 Å². The van der Waals surface area contributed by atoms with Gasteiger partial charge in [0.1, 0.15) is 0 Å². The van der Waals surface area contributed by atoms with Crippen molar-refractivity contribution < 1.29 is 4.74 Å². The Kier molecular flexibility index (Phi) is 4.55. The minimum Gasteiger partial charge on any atom is -0.381 e. The predicted octanol–water partition coefficient (Wildman–Crippen LogP) is 7.75. The van der Waals surface area contributed by atoms with Crippen LogP contribution < -0.4 is 0 Å². The van der Waals surface area contributed by atoms with E-state index in [4.69, 9.17) is 4.74 Å². The number of ether oxygens (including phenoxy) is 1. The van der Waals surface area contributed by atoms with Gasteiger partial charge in [0.25, 0.3) is 0 Å². The molecule has 1 spiro atoms. The fourth-order valence-corrected chi connectivity index (χ4v) is 11.4. The first-order chi connectivity index (χ1) is 14.7. The molecule has 0 bridgehead atoms. The zero-order valence-electron chi connectivity index (χ0n) is 21.3. The Morgan fingerprint density at radius 1 is 0.968 bits per heavy atom. The fourth-order valence-electron chi connectivity index (χ4n) is 11.4. The van der Waals surface area contributed by atoms with Gasteiger partial charge in [0, 0.05) is 12.5 Å². The molecule has 0 aromatic heterocycles. The van der Waals surface area contributed by atoms with Crippen LogP contribution in [0.3, 0.4) is 0 Å². The normalized spacial score (nSPS) is 57.6. The topological polar surface area (TPSA) is 9.23 Å². The van der Waals surface area contributed by atoms with Crippen molar-refractivity contribution >= 4 is 0 Å². The number of hydrogen-bond donors (Lipinski definition) is 0. The van der Waals surface area contributed by atoms with Crippen LogP contribution in [0.1, 0.15) is 92.4 Å². The molecule has 1 unspecified atom stereocenters. The second kappa shape index (κ2) is 6.64. The molecule has 6 aliphatic carbocycles. The molecule has 0 aromatic rings. The quantitative estimate of drug-likeness (QED) is 0.410. The van der Waals surface area contributed by atoms with E-state index in [0.29, 0.717) is 28.3 Å². The van der Waals surface area contributed by atoms with Gasteiger partial charge in [-0.3, -0.25) is 0 Å². The van der Waals surface area contributed by atoms with E-state index in [0.717, 1.165) is 47.3 Å². The van der Waals surface area contributed by atoms with Gasteiger partial charge in [0.15, 0.2) is 0 Å². The maximum Gasteiger partial charge on any atom is 0.0638 e. The van der Waals surface area contributed by atoms with E-state index < -0.39 is 0 Å². The Morgan fingerprint density at radius 3 is 2.42 bits per heavy atom. The fraction of sp³-hybridized carbons (Fsp3) is 0.933. The van der Waals surface area contributed by atoms with E-state index in [9.17, 15) is 0 Å². The zero-order chi connectivity index (χ0) is 21.9. The standard InChI is InChI=1S/C30H48O/c1-17(2)18(3)21-14-22(21)19(4)24-8-9-25-23-15-27(31-7)30-16-20(30)10-13-29(30,6)26(23)11-12-28(24,25)5/h17,19-27H,3,8-16H2,1-2,4-7H3/t19-,20+,21-,22-,23+,24-,25+,26+,27-,28-,29-,30?/m1/s1. The van der Waals surface area contributed by atoms with E-state index in [1.54, 1.807) is 0 Å². The molecule has 0 aliphatic heterocycles. The average molecular weight is 425 g/mol. The van der Waals surface area contributed by atoms with Crippen LogP contribution in [0.2, 0.25) is 0 Å². The lowest BCUT2D eigenvalue weighted by atomic mass is 9.45. The molecule has 0 saturated heterocycles. The van der Waals surface area contributed by atoms with Crippen LogP contribution in [-0.2, 0) is 4.74 Å². The lowest BCUT2D eigenvalue weighted by Crippen LogP contribution is -2.57. The number of hydrogen-bond acceptors (Lipinski definition) is 1. The van der Waals surface area contributed by atoms with Gasteiger partial charge in [0.2, 0.25) is 0 Å². The van der Waals surface area contributed by atoms with Crippen molar-refractivity contribution in [3.05, 3.63) is 12.2 Å². The highest BCUT2D eigenvalue weighted by Gasteiger charge is 2.77. The van der Waals surface area contributed by atoms with E-state index >= 15 is 0 Å². The number of allylic oxidation sites excluding steroid dienone is 1. The highest BCUT2D eigenvalue weighted by molar-refractivity contribution is 5.26. The second-order valence-electron chi connectivity index (χ2n) is 14.1. The van der Waals surface area contributed by atoms with E-state index in [1.807, 2.05) is 7.11 Å². The van der Waals surface area contributed by atoms with Gasteiger partial charge >= 0.3 is 0 Å². The Hall–Kier alpha value is -0.300. The lowest BCUT2D eigenvalue weighted by Gasteiger charge is -2.61. The lowest BCUT2D eigenvalue weighted by molar-refractivity contribution is -0.161. The van der Waals surface area contributed by atoms with Crippen LogP contribution in [0.5, 0.6) is 0 Å². The van der Waals surface area contributed by atoms with Crippen LogP contribution in [0.25, 0.3) is 0 Å². The van der Waals surface area contributed by atoms with Crippen LogP contribution in [0.15, 0.2) is 12.2 Å². The van der Waals surface area contributed by atoms with Gasteiger partial charge in [-0.05, 0) is 122 Å². The van der Waals surface area contributed by atoms with Crippen LogP contribution in [-0.4, -0.2) is 13.2 Å². The molecule has 6 saturated carbocycles. The number of fused-ring (bicyclic) bond motifs is 4. The van der Waals surface area contributed by atoms with Crippen LogP contribution >= 0.6 is 0 Å². The largest absolute Gasteiger partial charge is 0.381 e. The summed E-state index contributed by atoms with van der Waals surface area (Å²) >= 11 is 0. The number of rotatable bonds is 5. The molecule has 6 rings (SSSR count). The summed E-state index contributed by atoms with van der Waals surface area (Å²) in [6.45, 7) is 17.2. The van der Waals surface area contributed by atoms with E-state index in [2.05, 4.69) is 41.2 Å². The summed E-state index contributed by atoms with van der Waals surface area (Å²) in [4.78, 5) is 0. The van der Waals surface area contributed by atoms with Gasteiger partial charge in [0.05, 0.1) is 6.10 Å². The molecule has 6 fully saturated rings. The molecule has 174 valence electrons. The highest BCUT2D eigenvalue weighted by Crippen LogP contribution is 2.82. The van der Waals surface area contributed by atoms with Crippen molar-refractivity contribution in [1.29, 1.82) is 0 Å². The molecule has 0 aromatic carbocycles. The SMILES string of the molecule is C=C(C(C)C)[C@H]1C[C@@H]1[C@@H](C)[C@H]1CC[C@H]2[C@@H]3C[C@@H](OC)C45C[C@@H]4CC[C@]5(C)[C@H]3CC[C@]12C. The highest BCUT2D eigenvalue weighted by atomic mass is 16.5. The molecule has 31 heavy (non-hydrogen) atoms. The molecular weight excluding hydrogens is 376 g/mol. The monoisotopic (exact) mass is 424 g/mol. The molecule has 1 heteroatoms. The van der Waals surface area contributed by atoms with Crippen LogP contribution in [0, 0.1) is 69.5 Å². The average Bonchev–Trinajstić information content (AvgIpc) is 3.62. The van der Waals surface area contributed by atoms with Crippen molar-refractivity contribution in [3.8, 4) is 0 Å². The summed E-state index contributed by atoms with van der Waals surface area (Å²) in [5.41, 5.74) is 3.26. The summed E-state index contributed by atoms with van der Waals surface area (Å²) in [6, 6.07) is 0. The summed E-state index contributed by atoms with van der Waals surface area (Å²) in [5, 5.41) is 0. The molecule has 0 amide bonds. The second-order valence-corrected chi connectivity index (χ2v) is 14.1. The number of methoxy groups -OCH3 is 1. The summed E-state index contributed by atoms with van der Waals surface area (Å²) in [6.07, 6.45) is 13.8. The molecule has 0 radical (unpaired) electrons. The maximum absolute atomic E-state index is 6.32. The minimum atomic E-state index is 0.548. The summed E-state index contributed by atoms with van der Waals surface area (Å²) in [7, 11) is 2.03. The molecule has 0 N–H and O–H groups in total. The minimum absolute atomic E-state index is 0.548. The first-order valence-electron chi connectivity index (χ1n) is 13.9. The van der Waals surface area contributed by atoms with E-state index in [-0.39, 0.29) is 0 Å². The van der Waals surface area contributed by atoms with E-state index in [1.165, 1.54) is 63.4 Å². The Morgan fingerprint density at radius 2 is 1.74 bits per heavy atom. The third kappa shape index (κ3) is 2.54. The van der Waals surface area contributed by atoms with Gasteiger partial charge < -0.3 is 4.74 Å². The van der Waals surface area contributed by atoms with Crippen molar-refractivity contribution in [3.63, 3.8) is 0 Å². The molecule has 0 heterocycles. The smallest absolute Gasteiger partial charge is 0.0638 e. The van der Waals surface area contributed by atoms with Crippen molar-refractivity contribution in [2.24, 2.45) is 69.5 Å². The van der Waals surface area contributed by atoms with Gasteiger partial charge in [-0.25, -0.2) is 0 Å². The van der Waals surface area contributed by atoms with Gasteiger partial charge in [-0.2, -0.15) is 0 Å². The predicted molar refractivity (Wildman–Crippen MR) is 129 cm³/mol. The molecule has 12 atom stereocenters. The Labute approximate surface area is 192 Å². The zero-order valence-corrected chi connectivity index (χ0v) is 21.3. The summed E-state index contributed by atoms with van der Waals surface area (Å²) in [5.74, 6) is 8.08. The maximum atomic E-state index is 6.32. The van der Waals surface area contributed by atoms with Crippen molar-refractivity contribution in [2.75, 3.05) is 7.11 Å². The Bertz CT molecular complexity index is 768. The Balaban J connectivity index is 1.24. The first kappa shape index (κ1) is 21.2. The van der Waals surface area contributed by atoms with Crippen molar-refractivity contribution in [2.45, 2.75) is 98.5 Å². The molecule has 1 nitrogen and oxygen atoms in total. The third-order valence-corrected chi connectivity index (χ3v) is 13.3. The van der Waals surface area contributed by atoms with Crippen LogP contribution in [0.4, 0.5) is 0 Å². The summed E-state index contributed by atoms with van der Waals surface area (Å²) < 4.78 is 6.32. The molecule has 6 aliphatic rings. The van der Waals surface area contributed by atoms with Crippen molar-refractivity contribution in [1.82, 2.24) is 0 Å². The molecular formula is C30H48O. The van der Waals surface area contributed by atoms with Gasteiger partial charge in [-0.15, -0.1) is 0 Å². The third-order valence-electron chi connectivity index (χ3n) is 13.3.